The van der Waals surface area contributed by atoms with Crippen LogP contribution in [-0.4, -0.2) is 38.7 Å². The molecule has 0 saturated carbocycles. The number of aliphatic carboxylic acids is 1. The Kier molecular flexibility index (Phi) is 4.69. The van der Waals surface area contributed by atoms with Gasteiger partial charge in [0, 0.05) is 0 Å². The number of thioether (sulfide) groups is 1. The summed E-state index contributed by atoms with van der Waals surface area (Å²) in [6, 6.07) is 7.06. The highest BCUT2D eigenvalue weighted by molar-refractivity contribution is 7.99. The number of aromatic nitrogens is 3. The molecule has 0 radical (unpaired) electrons. The lowest BCUT2D eigenvalue weighted by molar-refractivity contribution is -0.133. The number of hydrogen-bond donors (Lipinski definition) is 2. The maximum absolute atomic E-state index is 11.9. The molecular formula is C13H15N3O4S. The summed E-state index contributed by atoms with van der Waals surface area (Å²) < 4.78 is 6.54. The molecular weight excluding hydrogens is 294 g/mol. The van der Waals surface area contributed by atoms with Crippen LogP contribution >= 0.6 is 11.8 Å². The standard InChI is InChI=1S/C13H15N3O4S/c1-8(9-3-5-10(20-2)6-4-9)16-12(19)14-15-13(16)21-7-11(17)18/h3-6,8H,7H2,1-2H3,(H,14,19)(H,17,18). The van der Waals surface area contributed by atoms with Crippen molar-refractivity contribution in [3.05, 3.63) is 40.3 Å². The molecule has 0 bridgehead atoms. The number of carboxylic acid groups (broad SMARTS) is 1. The number of aromatic amines is 1. The van der Waals surface area contributed by atoms with Crippen molar-refractivity contribution in [3.8, 4) is 5.75 Å². The van der Waals surface area contributed by atoms with Crippen LogP contribution < -0.4 is 10.4 Å². The summed E-state index contributed by atoms with van der Waals surface area (Å²) in [5.41, 5.74) is 0.530. The number of H-pyrrole nitrogens is 1. The Balaban J connectivity index is 2.28. The minimum Gasteiger partial charge on any atom is -0.497 e. The van der Waals surface area contributed by atoms with Gasteiger partial charge in [0.1, 0.15) is 5.75 Å². The molecule has 2 N–H and O–H groups in total. The Bertz CT molecular complexity index is 677. The van der Waals surface area contributed by atoms with E-state index in [1.165, 1.54) is 4.57 Å². The number of methoxy groups -OCH3 is 1. The number of carbonyl (C=O) groups is 1. The Morgan fingerprint density at radius 2 is 2.14 bits per heavy atom. The summed E-state index contributed by atoms with van der Waals surface area (Å²) in [5, 5.41) is 15.3. The van der Waals surface area contributed by atoms with Gasteiger partial charge in [-0.25, -0.2) is 9.89 Å². The first-order chi connectivity index (χ1) is 10.0. The van der Waals surface area contributed by atoms with E-state index in [4.69, 9.17) is 9.84 Å². The number of rotatable bonds is 6. The number of carboxylic acids is 1. The van der Waals surface area contributed by atoms with E-state index in [1.807, 2.05) is 19.1 Å². The van der Waals surface area contributed by atoms with Gasteiger partial charge < -0.3 is 9.84 Å². The highest BCUT2D eigenvalue weighted by Crippen LogP contribution is 2.23. The van der Waals surface area contributed by atoms with Crippen LogP contribution in [0.2, 0.25) is 0 Å². The number of benzene rings is 1. The quantitative estimate of drug-likeness (QED) is 0.782. The lowest BCUT2D eigenvalue weighted by Gasteiger charge is -2.14. The van der Waals surface area contributed by atoms with Crippen molar-refractivity contribution in [2.24, 2.45) is 0 Å². The maximum atomic E-state index is 11.9. The van der Waals surface area contributed by atoms with Crippen molar-refractivity contribution in [1.29, 1.82) is 0 Å². The van der Waals surface area contributed by atoms with E-state index < -0.39 is 5.97 Å². The molecule has 0 saturated heterocycles. The topological polar surface area (TPSA) is 97.2 Å². The molecule has 8 heteroatoms. The zero-order chi connectivity index (χ0) is 15.4. The first-order valence-corrected chi connectivity index (χ1v) is 7.17. The summed E-state index contributed by atoms with van der Waals surface area (Å²) in [4.78, 5) is 22.5. The summed E-state index contributed by atoms with van der Waals surface area (Å²) in [6.45, 7) is 1.85. The predicted molar refractivity (Wildman–Crippen MR) is 78.0 cm³/mol. The Labute approximate surface area is 124 Å². The largest absolute Gasteiger partial charge is 0.497 e. The lowest BCUT2D eigenvalue weighted by atomic mass is 10.1. The van der Waals surface area contributed by atoms with Gasteiger partial charge in [0.25, 0.3) is 0 Å². The molecule has 0 amide bonds. The van der Waals surface area contributed by atoms with E-state index in [0.29, 0.717) is 5.16 Å². The summed E-state index contributed by atoms with van der Waals surface area (Å²) >= 11 is 1.00. The first kappa shape index (κ1) is 15.2. The molecule has 7 nitrogen and oxygen atoms in total. The minimum absolute atomic E-state index is 0.153. The third-order valence-corrected chi connectivity index (χ3v) is 3.92. The van der Waals surface area contributed by atoms with E-state index in [-0.39, 0.29) is 17.5 Å². The fourth-order valence-corrected chi connectivity index (χ4v) is 2.63. The number of hydrogen-bond acceptors (Lipinski definition) is 5. The summed E-state index contributed by atoms with van der Waals surface area (Å²) in [7, 11) is 1.58. The second-order valence-corrected chi connectivity index (χ2v) is 5.26. The molecule has 1 heterocycles. The van der Waals surface area contributed by atoms with E-state index >= 15 is 0 Å². The average Bonchev–Trinajstić information content (AvgIpc) is 2.85. The summed E-state index contributed by atoms with van der Waals surface area (Å²) in [6.07, 6.45) is 0. The maximum Gasteiger partial charge on any atom is 0.344 e. The van der Waals surface area contributed by atoms with Crippen LogP contribution in [0, 0.1) is 0 Å². The van der Waals surface area contributed by atoms with Gasteiger partial charge >= 0.3 is 11.7 Å². The third kappa shape index (κ3) is 3.46. The minimum atomic E-state index is -0.959. The van der Waals surface area contributed by atoms with Crippen LogP contribution in [0.25, 0.3) is 0 Å². The number of ether oxygens (including phenoxy) is 1. The molecule has 0 spiro atoms. The van der Waals surface area contributed by atoms with Crippen molar-refractivity contribution >= 4 is 17.7 Å². The molecule has 1 aromatic heterocycles. The van der Waals surface area contributed by atoms with Gasteiger partial charge in [-0.2, -0.15) is 0 Å². The number of nitrogens with one attached hydrogen (secondary N) is 1. The molecule has 0 aliphatic heterocycles. The monoisotopic (exact) mass is 309 g/mol. The Morgan fingerprint density at radius 3 is 2.71 bits per heavy atom. The van der Waals surface area contributed by atoms with Crippen LogP contribution in [0.4, 0.5) is 0 Å². The van der Waals surface area contributed by atoms with Crippen LogP contribution in [0.5, 0.6) is 5.75 Å². The van der Waals surface area contributed by atoms with Gasteiger partial charge in [0.05, 0.1) is 18.9 Å². The molecule has 2 aromatic rings. The number of nitrogens with zero attached hydrogens (tertiary/aromatic N) is 2. The van der Waals surface area contributed by atoms with Crippen molar-refractivity contribution in [2.45, 2.75) is 18.1 Å². The summed E-state index contributed by atoms with van der Waals surface area (Å²) in [5.74, 6) is -0.385. The van der Waals surface area contributed by atoms with E-state index in [2.05, 4.69) is 10.2 Å². The van der Waals surface area contributed by atoms with Crippen LogP contribution in [0.3, 0.4) is 0 Å². The van der Waals surface area contributed by atoms with Crippen LogP contribution in [-0.2, 0) is 4.79 Å². The van der Waals surface area contributed by atoms with Crippen molar-refractivity contribution in [1.82, 2.24) is 14.8 Å². The molecule has 0 aliphatic carbocycles. The van der Waals surface area contributed by atoms with Gasteiger partial charge in [-0.1, -0.05) is 23.9 Å². The molecule has 21 heavy (non-hydrogen) atoms. The molecule has 0 fully saturated rings. The van der Waals surface area contributed by atoms with Crippen molar-refractivity contribution in [2.75, 3.05) is 12.9 Å². The van der Waals surface area contributed by atoms with Crippen molar-refractivity contribution in [3.63, 3.8) is 0 Å². The third-order valence-electron chi connectivity index (χ3n) is 2.98. The smallest absolute Gasteiger partial charge is 0.344 e. The van der Waals surface area contributed by atoms with Crippen LogP contribution in [0.1, 0.15) is 18.5 Å². The Hall–Kier alpha value is -2.22. The molecule has 1 unspecified atom stereocenters. The Morgan fingerprint density at radius 1 is 1.48 bits per heavy atom. The van der Waals surface area contributed by atoms with E-state index in [0.717, 1.165) is 23.1 Å². The highest BCUT2D eigenvalue weighted by atomic mass is 32.2. The molecule has 1 atom stereocenters. The zero-order valence-electron chi connectivity index (χ0n) is 11.6. The predicted octanol–water partition coefficient (Wildman–Crippen LogP) is 1.37. The second-order valence-electron chi connectivity index (χ2n) is 4.31. The lowest BCUT2D eigenvalue weighted by Crippen LogP contribution is -2.22. The fraction of sp³-hybridized carbons (Fsp3) is 0.308. The van der Waals surface area contributed by atoms with Gasteiger partial charge in [0.2, 0.25) is 0 Å². The van der Waals surface area contributed by atoms with E-state index in [1.54, 1.807) is 19.2 Å². The van der Waals surface area contributed by atoms with Gasteiger partial charge in [-0.05, 0) is 24.6 Å². The average molecular weight is 309 g/mol. The molecule has 0 aliphatic rings. The normalized spacial score (nSPS) is 12.1. The molecule has 2 rings (SSSR count). The van der Waals surface area contributed by atoms with Gasteiger partial charge in [-0.15, -0.1) is 5.10 Å². The second kappa shape index (κ2) is 6.49. The van der Waals surface area contributed by atoms with E-state index in [9.17, 15) is 9.59 Å². The molecule has 112 valence electrons. The zero-order valence-corrected chi connectivity index (χ0v) is 12.4. The van der Waals surface area contributed by atoms with Crippen molar-refractivity contribution < 1.29 is 14.6 Å². The molecule has 1 aromatic carbocycles. The van der Waals surface area contributed by atoms with Crippen LogP contribution in [0.15, 0.2) is 34.2 Å². The fourth-order valence-electron chi connectivity index (χ4n) is 1.89. The highest BCUT2D eigenvalue weighted by Gasteiger charge is 2.17. The van der Waals surface area contributed by atoms with Gasteiger partial charge in [-0.3, -0.25) is 9.36 Å². The van der Waals surface area contributed by atoms with Gasteiger partial charge in [0.15, 0.2) is 5.16 Å². The SMILES string of the molecule is COc1ccc(C(C)n2c(SCC(=O)O)n[nH]c2=O)cc1. The first-order valence-electron chi connectivity index (χ1n) is 6.18.